The number of halogens is 1. The van der Waals surface area contributed by atoms with Gasteiger partial charge in [-0.05, 0) is 66.9 Å². The third kappa shape index (κ3) is 4.57. The van der Waals surface area contributed by atoms with Crippen molar-refractivity contribution >= 4 is 29.1 Å². The van der Waals surface area contributed by atoms with E-state index in [9.17, 15) is 9.59 Å². The lowest BCUT2D eigenvalue weighted by atomic mass is 10.1. The highest BCUT2D eigenvalue weighted by molar-refractivity contribution is 6.30. The number of anilines is 1. The monoisotopic (exact) mass is 434 g/mol. The number of carbonyl (C=O) groups is 2. The number of amides is 2. The molecule has 3 aromatic rings. The minimum absolute atomic E-state index is 0.0380. The second-order valence-corrected chi connectivity index (χ2v) is 7.73. The van der Waals surface area contributed by atoms with Crippen LogP contribution in [-0.4, -0.2) is 25.0 Å². The van der Waals surface area contributed by atoms with Gasteiger partial charge in [0, 0.05) is 29.4 Å². The van der Waals surface area contributed by atoms with Crippen LogP contribution in [0, 0.1) is 0 Å². The standard InChI is InChI=1S/C25H23ClN2O3/c1-2-31-23-6-4-3-5-21(23)24(29)27-16-17-7-12-22-19(15-17)13-14-28(22)25(30)18-8-10-20(26)11-9-18/h3-12,15H,2,13-14,16H2,1H3,(H,27,29). The number of hydrogen-bond donors (Lipinski definition) is 1. The molecule has 6 heteroatoms. The van der Waals surface area contributed by atoms with Crippen LogP contribution in [0.3, 0.4) is 0 Å². The van der Waals surface area contributed by atoms with Crippen molar-refractivity contribution in [1.82, 2.24) is 5.32 Å². The smallest absolute Gasteiger partial charge is 0.258 e. The number of carbonyl (C=O) groups excluding carboxylic acids is 2. The number of fused-ring (bicyclic) bond motifs is 1. The van der Waals surface area contributed by atoms with Crippen molar-refractivity contribution in [3.8, 4) is 5.75 Å². The maximum Gasteiger partial charge on any atom is 0.258 e. The first-order valence-electron chi connectivity index (χ1n) is 10.3. The van der Waals surface area contributed by atoms with E-state index >= 15 is 0 Å². The first kappa shape index (κ1) is 20.9. The Morgan fingerprint density at radius 1 is 1.06 bits per heavy atom. The van der Waals surface area contributed by atoms with Gasteiger partial charge in [0.2, 0.25) is 0 Å². The largest absolute Gasteiger partial charge is 0.493 e. The van der Waals surface area contributed by atoms with Crippen molar-refractivity contribution in [3.05, 3.63) is 94.0 Å². The molecule has 2 amide bonds. The summed E-state index contributed by atoms with van der Waals surface area (Å²) in [5.74, 6) is 0.362. The first-order valence-corrected chi connectivity index (χ1v) is 10.6. The molecule has 3 aromatic carbocycles. The number of nitrogens with one attached hydrogen (secondary N) is 1. The van der Waals surface area contributed by atoms with Crippen LogP contribution in [0.15, 0.2) is 66.7 Å². The topological polar surface area (TPSA) is 58.6 Å². The molecule has 0 fully saturated rings. The van der Waals surface area contributed by atoms with Gasteiger partial charge < -0.3 is 15.0 Å². The highest BCUT2D eigenvalue weighted by Crippen LogP contribution is 2.30. The summed E-state index contributed by atoms with van der Waals surface area (Å²) in [6, 6.07) is 20.1. The van der Waals surface area contributed by atoms with Gasteiger partial charge in [0.1, 0.15) is 5.75 Å². The lowest BCUT2D eigenvalue weighted by molar-refractivity contribution is 0.0945. The average Bonchev–Trinajstić information content (AvgIpc) is 3.21. The molecule has 0 saturated heterocycles. The Morgan fingerprint density at radius 3 is 2.61 bits per heavy atom. The normalized spacial score (nSPS) is 12.4. The average molecular weight is 435 g/mol. The summed E-state index contributed by atoms with van der Waals surface area (Å²) < 4.78 is 5.54. The fourth-order valence-corrected chi connectivity index (χ4v) is 3.86. The van der Waals surface area contributed by atoms with E-state index in [0.29, 0.717) is 41.6 Å². The van der Waals surface area contributed by atoms with E-state index < -0.39 is 0 Å². The fourth-order valence-electron chi connectivity index (χ4n) is 3.74. The summed E-state index contributed by atoms with van der Waals surface area (Å²) in [6.07, 6.45) is 0.781. The summed E-state index contributed by atoms with van der Waals surface area (Å²) >= 11 is 5.93. The lowest BCUT2D eigenvalue weighted by Crippen LogP contribution is -2.28. The van der Waals surface area contributed by atoms with Crippen molar-refractivity contribution in [1.29, 1.82) is 0 Å². The number of para-hydroxylation sites is 1. The molecule has 0 unspecified atom stereocenters. The highest BCUT2D eigenvalue weighted by atomic mass is 35.5. The van der Waals surface area contributed by atoms with Crippen LogP contribution in [0.5, 0.6) is 5.75 Å². The molecule has 1 heterocycles. The van der Waals surface area contributed by atoms with Gasteiger partial charge in [0.25, 0.3) is 11.8 Å². The number of benzene rings is 3. The van der Waals surface area contributed by atoms with Crippen LogP contribution < -0.4 is 15.0 Å². The van der Waals surface area contributed by atoms with Gasteiger partial charge >= 0.3 is 0 Å². The van der Waals surface area contributed by atoms with E-state index in [2.05, 4.69) is 11.4 Å². The predicted molar refractivity (Wildman–Crippen MR) is 122 cm³/mol. The Kier molecular flexibility index (Phi) is 6.23. The van der Waals surface area contributed by atoms with E-state index in [-0.39, 0.29) is 11.8 Å². The molecule has 0 aliphatic carbocycles. The van der Waals surface area contributed by atoms with Crippen LogP contribution in [0.4, 0.5) is 5.69 Å². The van der Waals surface area contributed by atoms with Crippen molar-refractivity contribution in [3.63, 3.8) is 0 Å². The van der Waals surface area contributed by atoms with Crippen molar-refractivity contribution in [2.75, 3.05) is 18.1 Å². The molecule has 0 saturated carbocycles. The van der Waals surface area contributed by atoms with Gasteiger partial charge in [-0.25, -0.2) is 0 Å². The van der Waals surface area contributed by atoms with Crippen molar-refractivity contribution in [2.45, 2.75) is 19.9 Å². The van der Waals surface area contributed by atoms with Crippen LogP contribution in [-0.2, 0) is 13.0 Å². The number of ether oxygens (including phenoxy) is 1. The maximum absolute atomic E-state index is 12.9. The molecule has 1 N–H and O–H groups in total. The van der Waals surface area contributed by atoms with Crippen molar-refractivity contribution < 1.29 is 14.3 Å². The lowest BCUT2D eigenvalue weighted by Gasteiger charge is -2.18. The molecule has 1 aliphatic rings. The second kappa shape index (κ2) is 9.23. The zero-order valence-corrected chi connectivity index (χ0v) is 18.0. The van der Waals surface area contributed by atoms with E-state index in [1.54, 1.807) is 41.3 Å². The quantitative estimate of drug-likeness (QED) is 0.602. The number of hydrogen-bond acceptors (Lipinski definition) is 3. The molecule has 0 spiro atoms. The van der Waals surface area contributed by atoms with E-state index in [4.69, 9.17) is 16.3 Å². The maximum atomic E-state index is 12.9. The minimum Gasteiger partial charge on any atom is -0.493 e. The molecule has 158 valence electrons. The zero-order chi connectivity index (χ0) is 21.8. The summed E-state index contributed by atoms with van der Waals surface area (Å²) in [5, 5.41) is 3.56. The van der Waals surface area contributed by atoms with Crippen LogP contribution in [0.1, 0.15) is 38.8 Å². The molecular formula is C25H23ClN2O3. The van der Waals surface area contributed by atoms with E-state index in [0.717, 1.165) is 23.2 Å². The summed E-state index contributed by atoms with van der Waals surface area (Å²) in [4.78, 5) is 27.3. The Bertz CT molecular complexity index is 1110. The minimum atomic E-state index is -0.177. The van der Waals surface area contributed by atoms with Crippen molar-refractivity contribution in [2.24, 2.45) is 0 Å². The molecule has 31 heavy (non-hydrogen) atoms. The number of rotatable bonds is 6. The Morgan fingerprint density at radius 2 is 1.84 bits per heavy atom. The van der Waals surface area contributed by atoms with Gasteiger partial charge in [0.15, 0.2) is 0 Å². The van der Waals surface area contributed by atoms with Crippen LogP contribution in [0.25, 0.3) is 0 Å². The van der Waals surface area contributed by atoms with Gasteiger partial charge in [-0.1, -0.05) is 35.9 Å². The van der Waals surface area contributed by atoms with Crippen LogP contribution in [0.2, 0.25) is 5.02 Å². The molecular weight excluding hydrogens is 412 g/mol. The first-order chi connectivity index (χ1) is 15.1. The highest BCUT2D eigenvalue weighted by Gasteiger charge is 2.25. The zero-order valence-electron chi connectivity index (χ0n) is 17.2. The molecule has 4 rings (SSSR count). The Labute approximate surface area is 186 Å². The Hall–Kier alpha value is -3.31. The second-order valence-electron chi connectivity index (χ2n) is 7.29. The molecule has 1 aliphatic heterocycles. The van der Waals surface area contributed by atoms with E-state index in [1.165, 1.54) is 0 Å². The van der Waals surface area contributed by atoms with Gasteiger partial charge in [0.05, 0.1) is 12.2 Å². The van der Waals surface area contributed by atoms with Gasteiger partial charge in [-0.2, -0.15) is 0 Å². The number of nitrogens with zero attached hydrogens (tertiary/aromatic N) is 1. The Balaban J connectivity index is 1.44. The molecule has 0 aromatic heterocycles. The summed E-state index contributed by atoms with van der Waals surface area (Å²) in [6.45, 7) is 3.42. The van der Waals surface area contributed by atoms with Crippen LogP contribution >= 0.6 is 11.6 Å². The molecule has 0 bridgehead atoms. The SMILES string of the molecule is CCOc1ccccc1C(=O)NCc1ccc2c(c1)CCN2C(=O)c1ccc(Cl)cc1. The molecule has 5 nitrogen and oxygen atoms in total. The molecule has 0 radical (unpaired) electrons. The third-order valence-corrected chi connectivity index (χ3v) is 5.51. The predicted octanol–water partition coefficient (Wildman–Crippen LogP) is 4.87. The summed E-state index contributed by atoms with van der Waals surface area (Å²) in [5.41, 5.74) is 4.13. The van der Waals surface area contributed by atoms with Gasteiger partial charge in [-0.15, -0.1) is 0 Å². The van der Waals surface area contributed by atoms with E-state index in [1.807, 2.05) is 31.2 Å². The van der Waals surface area contributed by atoms with Gasteiger partial charge in [-0.3, -0.25) is 9.59 Å². The molecule has 0 atom stereocenters. The third-order valence-electron chi connectivity index (χ3n) is 5.26. The fraction of sp³-hybridized carbons (Fsp3) is 0.200. The summed E-state index contributed by atoms with van der Waals surface area (Å²) in [7, 11) is 0.